The van der Waals surface area contributed by atoms with Gasteiger partial charge in [0.1, 0.15) is 0 Å². The summed E-state index contributed by atoms with van der Waals surface area (Å²) < 4.78 is 5.26. The van der Waals surface area contributed by atoms with E-state index in [0.717, 1.165) is 18.3 Å². The molecule has 24 heavy (non-hydrogen) atoms. The van der Waals surface area contributed by atoms with E-state index in [9.17, 15) is 0 Å². The lowest BCUT2D eigenvalue weighted by Crippen LogP contribution is -2.39. The molecule has 6 nitrogen and oxygen atoms in total. The Balaban J connectivity index is 1.86. The van der Waals surface area contributed by atoms with Gasteiger partial charge in [0.25, 0.3) is 0 Å². The van der Waals surface area contributed by atoms with Gasteiger partial charge in [-0.1, -0.05) is 43.3 Å². The van der Waals surface area contributed by atoms with Gasteiger partial charge in [0, 0.05) is 39.5 Å². The Hall–Kier alpha value is -2.37. The Morgan fingerprint density at radius 2 is 2.08 bits per heavy atom. The normalized spacial score (nSPS) is 11.8. The molecule has 0 aliphatic carbocycles. The summed E-state index contributed by atoms with van der Waals surface area (Å²) in [7, 11) is 3.82. The van der Waals surface area contributed by atoms with Crippen molar-refractivity contribution in [3.05, 3.63) is 47.1 Å². The zero-order chi connectivity index (χ0) is 17.5. The average Bonchev–Trinajstić information content (AvgIpc) is 3.03. The van der Waals surface area contributed by atoms with Gasteiger partial charge >= 0.3 is 0 Å². The van der Waals surface area contributed by atoms with Crippen LogP contribution in [0.1, 0.15) is 42.6 Å². The summed E-state index contributed by atoms with van der Waals surface area (Å²) in [5, 5.41) is 7.32. The first-order valence-corrected chi connectivity index (χ1v) is 8.30. The van der Waals surface area contributed by atoms with E-state index in [1.165, 1.54) is 11.1 Å². The summed E-state index contributed by atoms with van der Waals surface area (Å²) in [6.45, 7) is 7.74. The minimum absolute atomic E-state index is 0.281. The largest absolute Gasteiger partial charge is 0.356 e. The molecule has 0 spiro atoms. The van der Waals surface area contributed by atoms with Crippen LogP contribution in [-0.2, 0) is 13.0 Å². The number of nitrogens with zero attached hydrogens (tertiary/aromatic N) is 4. The smallest absolute Gasteiger partial charge is 0.228 e. The molecule has 0 fully saturated rings. The average molecular weight is 329 g/mol. The van der Waals surface area contributed by atoms with E-state index >= 15 is 0 Å². The lowest BCUT2D eigenvalue weighted by molar-refractivity contribution is 0.370. The van der Waals surface area contributed by atoms with Crippen LogP contribution in [0.5, 0.6) is 0 Å². The van der Waals surface area contributed by atoms with Gasteiger partial charge in [0.2, 0.25) is 5.89 Å². The molecule has 0 saturated heterocycles. The predicted molar refractivity (Wildman–Crippen MR) is 96.1 cm³/mol. The van der Waals surface area contributed by atoms with Crippen LogP contribution in [0.3, 0.4) is 0 Å². The lowest BCUT2D eigenvalue weighted by atomic mass is 10.1. The first-order chi connectivity index (χ1) is 11.5. The highest BCUT2D eigenvalue weighted by atomic mass is 16.5. The molecule has 0 unspecified atom stereocenters. The monoisotopic (exact) mass is 329 g/mol. The molecule has 1 aromatic carbocycles. The van der Waals surface area contributed by atoms with Crippen LogP contribution < -0.4 is 5.32 Å². The highest BCUT2D eigenvalue weighted by Crippen LogP contribution is 2.10. The van der Waals surface area contributed by atoms with E-state index in [2.05, 4.69) is 70.4 Å². The maximum absolute atomic E-state index is 5.26. The van der Waals surface area contributed by atoms with Crippen molar-refractivity contribution in [2.45, 2.75) is 39.7 Å². The van der Waals surface area contributed by atoms with Crippen LogP contribution in [0.25, 0.3) is 0 Å². The van der Waals surface area contributed by atoms with Gasteiger partial charge in [-0.25, -0.2) is 0 Å². The van der Waals surface area contributed by atoms with Crippen molar-refractivity contribution in [2.75, 3.05) is 20.6 Å². The number of guanidine groups is 1. The summed E-state index contributed by atoms with van der Waals surface area (Å²) in [6.07, 6.45) is 0.678. The maximum atomic E-state index is 5.26. The number of hydrogen-bond acceptors (Lipinski definition) is 4. The van der Waals surface area contributed by atoms with E-state index < -0.39 is 0 Å². The fourth-order valence-electron chi connectivity index (χ4n) is 2.39. The van der Waals surface area contributed by atoms with Crippen molar-refractivity contribution in [1.29, 1.82) is 0 Å². The topological polar surface area (TPSA) is 66.5 Å². The van der Waals surface area contributed by atoms with Gasteiger partial charge in [0.15, 0.2) is 11.8 Å². The molecular weight excluding hydrogens is 302 g/mol. The molecule has 0 aliphatic rings. The van der Waals surface area contributed by atoms with Crippen molar-refractivity contribution in [3.8, 4) is 0 Å². The number of aliphatic imine (C=N–C) groups is 1. The van der Waals surface area contributed by atoms with Crippen molar-refractivity contribution in [2.24, 2.45) is 4.99 Å². The van der Waals surface area contributed by atoms with Gasteiger partial charge in [-0.05, 0) is 18.1 Å². The summed E-state index contributed by atoms with van der Waals surface area (Å²) in [6, 6.07) is 8.39. The van der Waals surface area contributed by atoms with Crippen LogP contribution in [0.15, 0.2) is 33.8 Å². The van der Waals surface area contributed by atoms with Gasteiger partial charge in [-0.2, -0.15) is 4.98 Å². The number of rotatable bonds is 6. The van der Waals surface area contributed by atoms with E-state index in [-0.39, 0.29) is 5.92 Å². The van der Waals surface area contributed by atoms with Gasteiger partial charge in [-0.3, -0.25) is 4.99 Å². The van der Waals surface area contributed by atoms with E-state index in [1.54, 1.807) is 7.05 Å². The summed E-state index contributed by atoms with van der Waals surface area (Å²) in [4.78, 5) is 10.8. The van der Waals surface area contributed by atoms with Gasteiger partial charge in [0.05, 0.1) is 0 Å². The third-order valence-electron chi connectivity index (χ3n) is 3.86. The third kappa shape index (κ3) is 4.81. The molecule has 1 aromatic heterocycles. The number of nitrogens with one attached hydrogen (secondary N) is 1. The Morgan fingerprint density at radius 1 is 1.33 bits per heavy atom. The standard InChI is InChI=1S/C18H27N5O/c1-13(2)17-21-16(24-22-17)10-11-20-18(19-4)23(5)12-15-9-7-6-8-14(15)3/h6-9,13H,10-12H2,1-5H3,(H,19,20). The Labute approximate surface area is 144 Å². The van der Waals surface area contributed by atoms with E-state index in [0.29, 0.717) is 18.9 Å². The minimum atomic E-state index is 0.281. The van der Waals surface area contributed by atoms with Crippen LogP contribution >= 0.6 is 0 Å². The summed E-state index contributed by atoms with van der Waals surface area (Å²) >= 11 is 0. The fraction of sp³-hybridized carbons (Fsp3) is 0.500. The molecule has 0 saturated carbocycles. The Bertz CT molecular complexity index is 678. The Morgan fingerprint density at radius 3 is 2.71 bits per heavy atom. The van der Waals surface area contributed by atoms with Crippen molar-refractivity contribution >= 4 is 5.96 Å². The minimum Gasteiger partial charge on any atom is -0.356 e. The van der Waals surface area contributed by atoms with Crippen LogP contribution in [0.2, 0.25) is 0 Å². The van der Waals surface area contributed by atoms with Crippen molar-refractivity contribution < 1.29 is 4.52 Å². The maximum Gasteiger partial charge on any atom is 0.228 e. The van der Waals surface area contributed by atoms with Gasteiger partial charge in [-0.15, -0.1) is 0 Å². The Kier molecular flexibility index (Phi) is 6.35. The molecule has 0 atom stereocenters. The second-order valence-corrected chi connectivity index (χ2v) is 6.21. The molecule has 1 heterocycles. The third-order valence-corrected chi connectivity index (χ3v) is 3.86. The highest BCUT2D eigenvalue weighted by molar-refractivity contribution is 5.79. The molecular formula is C18H27N5O. The van der Waals surface area contributed by atoms with Gasteiger partial charge < -0.3 is 14.7 Å². The fourth-order valence-corrected chi connectivity index (χ4v) is 2.39. The molecule has 6 heteroatoms. The SMILES string of the molecule is CN=C(NCCc1nc(C(C)C)no1)N(C)Cc1ccccc1C. The first kappa shape index (κ1) is 18.0. The second-order valence-electron chi connectivity index (χ2n) is 6.21. The molecule has 2 rings (SSSR count). The molecule has 2 aromatic rings. The predicted octanol–water partition coefficient (Wildman–Crippen LogP) is 2.75. The number of aryl methyl sites for hydroxylation is 1. The zero-order valence-electron chi connectivity index (χ0n) is 15.2. The van der Waals surface area contributed by atoms with E-state index in [4.69, 9.17) is 4.52 Å². The lowest BCUT2D eigenvalue weighted by Gasteiger charge is -2.22. The molecule has 130 valence electrons. The molecule has 0 amide bonds. The molecule has 0 bridgehead atoms. The van der Waals surface area contributed by atoms with Crippen molar-refractivity contribution in [1.82, 2.24) is 20.4 Å². The first-order valence-electron chi connectivity index (χ1n) is 8.30. The van der Waals surface area contributed by atoms with Crippen LogP contribution in [-0.4, -0.2) is 41.6 Å². The zero-order valence-corrected chi connectivity index (χ0v) is 15.2. The van der Waals surface area contributed by atoms with Crippen molar-refractivity contribution in [3.63, 3.8) is 0 Å². The quantitative estimate of drug-likeness (QED) is 0.652. The summed E-state index contributed by atoms with van der Waals surface area (Å²) in [5.74, 6) is 2.54. The highest BCUT2D eigenvalue weighted by Gasteiger charge is 2.11. The van der Waals surface area contributed by atoms with Crippen LogP contribution in [0.4, 0.5) is 0 Å². The summed E-state index contributed by atoms with van der Waals surface area (Å²) in [5.41, 5.74) is 2.58. The number of hydrogen-bond donors (Lipinski definition) is 1. The second kappa shape index (κ2) is 8.47. The van der Waals surface area contributed by atoms with Crippen LogP contribution in [0, 0.1) is 6.92 Å². The van der Waals surface area contributed by atoms with E-state index in [1.807, 2.05) is 7.05 Å². The molecule has 0 aliphatic heterocycles. The molecule has 0 radical (unpaired) electrons. The number of aromatic nitrogens is 2. The molecule has 1 N–H and O–H groups in total. The number of benzene rings is 1.